The van der Waals surface area contributed by atoms with Gasteiger partial charge in [-0.15, -0.1) is 0 Å². The second-order valence-corrected chi connectivity index (χ2v) is 4.99. The second-order valence-electron chi connectivity index (χ2n) is 4.99. The number of nitrogens with zero attached hydrogens (tertiary/aromatic N) is 1. The van der Waals surface area contributed by atoms with Gasteiger partial charge in [-0.05, 0) is 50.6 Å². The first-order valence-corrected chi connectivity index (χ1v) is 6.33. The van der Waals surface area contributed by atoms with Crippen molar-refractivity contribution in [2.45, 2.75) is 26.3 Å². The SMILES string of the molecule is CNCC(C)C(C)N1CCc2ccc(F)cc21. The molecule has 0 amide bonds. The van der Waals surface area contributed by atoms with Gasteiger partial charge in [0.15, 0.2) is 0 Å². The maximum atomic E-state index is 13.3. The van der Waals surface area contributed by atoms with Crippen molar-refractivity contribution < 1.29 is 4.39 Å². The molecule has 3 heteroatoms. The first-order valence-electron chi connectivity index (χ1n) is 6.33. The Balaban J connectivity index is 2.18. The minimum atomic E-state index is -0.135. The third kappa shape index (κ3) is 2.44. The van der Waals surface area contributed by atoms with Crippen LogP contribution < -0.4 is 10.2 Å². The fourth-order valence-electron chi connectivity index (χ4n) is 2.60. The summed E-state index contributed by atoms with van der Waals surface area (Å²) in [5, 5.41) is 3.21. The quantitative estimate of drug-likeness (QED) is 0.863. The van der Waals surface area contributed by atoms with Crippen LogP contribution in [0.1, 0.15) is 19.4 Å². The van der Waals surface area contributed by atoms with E-state index >= 15 is 0 Å². The summed E-state index contributed by atoms with van der Waals surface area (Å²) < 4.78 is 13.3. The number of benzene rings is 1. The predicted molar refractivity (Wildman–Crippen MR) is 70.0 cm³/mol. The molecule has 0 aliphatic carbocycles. The number of hydrogen-bond donors (Lipinski definition) is 1. The van der Waals surface area contributed by atoms with Crippen LogP contribution in [-0.4, -0.2) is 26.2 Å². The molecule has 0 fully saturated rings. The van der Waals surface area contributed by atoms with E-state index in [1.165, 1.54) is 5.56 Å². The van der Waals surface area contributed by atoms with Crippen LogP contribution in [0.5, 0.6) is 0 Å². The molecule has 0 saturated heterocycles. The predicted octanol–water partition coefficient (Wildman–Crippen LogP) is 2.43. The highest BCUT2D eigenvalue weighted by molar-refractivity contribution is 5.58. The molecule has 1 aromatic rings. The highest BCUT2D eigenvalue weighted by Gasteiger charge is 2.26. The standard InChI is InChI=1S/C14H21FN2/c1-10(9-16-3)11(2)17-7-6-12-4-5-13(15)8-14(12)17/h4-5,8,10-11,16H,6-7,9H2,1-3H3. The number of rotatable bonds is 4. The lowest BCUT2D eigenvalue weighted by molar-refractivity contribution is 0.439. The van der Waals surface area contributed by atoms with Crippen molar-refractivity contribution in [2.24, 2.45) is 5.92 Å². The highest BCUT2D eigenvalue weighted by atomic mass is 19.1. The Morgan fingerprint density at radius 3 is 2.88 bits per heavy atom. The van der Waals surface area contributed by atoms with Crippen molar-refractivity contribution in [1.29, 1.82) is 0 Å². The van der Waals surface area contributed by atoms with Crippen molar-refractivity contribution in [3.8, 4) is 0 Å². The molecule has 17 heavy (non-hydrogen) atoms. The van der Waals surface area contributed by atoms with E-state index < -0.39 is 0 Å². The molecule has 2 unspecified atom stereocenters. The van der Waals surface area contributed by atoms with Gasteiger partial charge in [0.2, 0.25) is 0 Å². The summed E-state index contributed by atoms with van der Waals surface area (Å²) in [6.45, 7) is 6.46. The summed E-state index contributed by atoms with van der Waals surface area (Å²) >= 11 is 0. The van der Waals surface area contributed by atoms with E-state index in [-0.39, 0.29) is 5.82 Å². The van der Waals surface area contributed by atoms with Gasteiger partial charge in [0.05, 0.1) is 0 Å². The molecule has 1 heterocycles. The summed E-state index contributed by atoms with van der Waals surface area (Å²) in [5.74, 6) is 0.415. The summed E-state index contributed by atoms with van der Waals surface area (Å²) in [4.78, 5) is 2.33. The van der Waals surface area contributed by atoms with Gasteiger partial charge in [-0.25, -0.2) is 4.39 Å². The van der Waals surface area contributed by atoms with E-state index in [2.05, 4.69) is 24.1 Å². The molecule has 94 valence electrons. The summed E-state index contributed by atoms with van der Waals surface area (Å²) in [5.41, 5.74) is 2.36. The molecule has 0 saturated carbocycles. The van der Waals surface area contributed by atoms with Gasteiger partial charge >= 0.3 is 0 Å². The Morgan fingerprint density at radius 2 is 2.18 bits per heavy atom. The van der Waals surface area contributed by atoms with Crippen LogP contribution in [0.2, 0.25) is 0 Å². The van der Waals surface area contributed by atoms with Crippen LogP contribution >= 0.6 is 0 Å². The second kappa shape index (κ2) is 5.05. The monoisotopic (exact) mass is 236 g/mol. The molecule has 2 rings (SSSR count). The van der Waals surface area contributed by atoms with Crippen molar-refractivity contribution in [3.05, 3.63) is 29.6 Å². The van der Waals surface area contributed by atoms with E-state index in [1.807, 2.05) is 13.1 Å². The van der Waals surface area contributed by atoms with E-state index in [0.717, 1.165) is 25.2 Å². The topological polar surface area (TPSA) is 15.3 Å². The number of hydrogen-bond acceptors (Lipinski definition) is 2. The number of anilines is 1. The first kappa shape index (κ1) is 12.4. The third-order valence-corrected chi connectivity index (χ3v) is 3.82. The van der Waals surface area contributed by atoms with Crippen molar-refractivity contribution in [1.82, 2.24) is 5.32 Å². The van der Waals surface area contributed by atoms with Crippen LogP contribution in [0.25, 0.3) is 0 Å². The normalized spacial score (nSPS) is 18.0. The van der Waals surface area contributed by atoms with Gasteiger partial charge in [0.1, 0.15) is 5.82 Å². The Morgan fingerprint density at radius 1 is 1.41 bits per heavy atom. The van der Waals surface area contributed by atoms with Crippen LogP contribution in [0.15, 0.2) is 18.2 Å². The molecule has 2 atom stereocenters. The molecule has 0 bridgehead atoms. The van der Waals surface area contributed by atoms with Gasteiger partial charge in [0.25, 0.3) is 0 Å². The fourth-order valence-corrected chi connectivity index (χ4v) is 2.60. The van der Waals surface area contributed by atoms with Gasteiger partial charge in [-0.2, -0.15) is 0 Å². The molecular formula is C14H21FN2. The Kier molecular flexibility index (Phi) is 3.67. The molecule has 1 aliphatic rings. The van der Waals surface area contributed by atoms with Gasteiger partial charge < -0.3 is 10.2 Å². The van der Waals surface area contributed by atoms with Crippen LogP contribution in [0.3, 0.4) is 0 Å². The summed E-state index contributed by atoms with van der Waals surface area (Å²) in [6.07, 6.45) is 1.03. The lowest BCUT2D eigenvalue weighted by atomic mass is 10.0. The zero-order valence-corrected chi connectivity index (χ0v) is 10.8. The van der Waals surface area contributed by atoms with E-state index in [1.54, 1.807) is 12.1 Å². The van der Waals surface area contributed by atoms with Crippen LogP contribution in [0, 0.1) is 11.7 Å². The van der Waals surface area contributed by atoms with Gasteiger partial charge in [-0.3, -0.25) is 0 Å². The van der Waals surface area contributed by atoms with Crippen LogP contribution in [0.4, 0.5) is 10.1 Å². The zero-order valence-electron chi connectivity index (χ0n) is 10.8. The Hall–Kier alpha value is -1.09. The number of fused-ring (bicyclic) bond motifs is 1. The van der Waals surface area contributed by atoms with Crippen molar-refractivity contribution >= 4 is 5.69 Å². The smallest absolute Gasteiger partial charge is 0.125 e. The largest absolute Gasteiger partial charge is 0.368 e. The van der Waals surface area contributed by atoms with Crippen molar-refractivity contribution in [3.63, 3.8) is 0 Å². The molecule has 0 spiro atoms. The molecule has 1 aliphatic heterocycles. The molecule has 0 aromatic heterocycles. The average Bonchev–Trinajstić information content (AvgIpc) is 2.71. The maximum Gasteiger partial charge on any atom is 0.125 e. The lowest BCUT2D eigenvalue weighted by Crippen LogP contribution is -2.39. The molecule has 1 N–H and O–H groups in total. The molecular weight excluding hydrogens is 215 g/mol. The lowest BCUT2D eigenvalue weighted by Gasteiger charge is -2.32. The Labute approximate surface area is 103 Å². The minimum absolute atomic E-state index is 0.135. The zero-order chi connectivity index (χ0) is 12.4. The van der Waals surface area contributed by atoms with Crippen LogP contribution in [-0.2, 0) is 6.42 Å². The van der Waals surface area contributed by atoms with E-state index in [4.69, 9.17) is 0 Å². The molecule has 1 aromatic carbocycles. The Bertz CT molecular complexity index is 392. The van der Waals surface area contributed by atoms with Gasteiger partial charge in [0, 0.05) is 18.3 Å². The average molecular weight is 236 g/mol. The first-order chi connectivity index (χ1) is 8.13. The van der Waals surface area contributed by atoms with Crippen molar-refractivity contribution in [2.75, 3.05) is 25.0 Å². The summed E-state index contributed by atoms with van der Waals surface area (Å²) in [7, 11) is 1.97. The highest BCUT2D eigenvalue weighted by Crippen LogP contribution is 2.31. The molecule has 0 radical (unpaired) electrons. The maximum absolute atomic E-state index is 13.3. The fraction of sp³-hybridized carbons (Fsp3) is 0.571. The summed E-state index contributed by atoms with van der Waals surface area (Å²) in [6, 6.07) is 5.58. The van der Waals surface area contributed by atoms with E-state index in [0.29, 0.717) is 12.0 Å². The minimum Gasteiger partial charge on any atom is -0.368 e. The third-order valence-electron chi connectivity index (χ3n) is 3.82. The molecule has 2 nitrogen and oxygen atoms in total. The number of halogens is 1. The van der Waals surface area contributed by atoms with E-state index in [9.17, 15) is 4.39 Å². The number of nitrogens with one attached hydrogen (secondary N) is 1. The van der Waals surface area contributed by atoms with Gasteiger partial charge in [-0.1, -0.05) is 13.0 Å².